The number of rotatable bonds is 0. The van der Waals surface area contributed by atoms with E-state index in [1.807, 2.05) is 0 Å². The minimum atomic E-state index is 0.298. The molecule has 0 unspecified atom stereocenters. The predicted molar refractivity (Wildman–Crippen MR) is 51.5 cm³/mol. The van der Waals surface area contributed by atoms with E-state index in [-0.39, 0.29) is 0 Å². The summed E-state index contributed by atoms with van der Waals surface area (Å²) in [5.74, 6) is 3.58. The molecule has 2 aliphatic rings. The van der Waals surface area contributed by atoms with E-state index in [9.17, 15) is 0 Å². The highest BCUT2D eigenvalue weighted by Gasteiger charge is 2.56. The summed E-state index contributed by atoms with van der Waals surface area (Å²) in [4.78, 5) is 0. The fraction of sp³-hybridized carbons (Fsp3) is 0.667. The summed E-state index contributed by atoms with van der Waals surface area (Å²) in [6.07, 6.45) is 10.4. The Balaban J connectivity index is 2.52. The Bertz CT molecular complexity index is 288. The van der Waals surface area contributed by atoms with E-state index in [4.69, 9.17) is 6.42 Å². The van der Waals surface area contributed by atoms with Crippen molar-refractivity contribution in [3.63, 3.8) is 0 Å². The lowest BCUT2D eigenvalue weighted by atomic mass is 9.68. The molecule has 2 rings (SSSR count). The molecule has 0 heterocycles. The van der Waals surface area contributed by atoms with Gasteiger partial charge < -0.3 is 0 Å². The van der Waals surface area contributed by atoms with Crippen LogP contribution in [0.3, 0.4) is 0 Å². The Morgan fingerprint density at radius 3 is 2.42 bits per heavy atom. The maximum Gasteiger partial charge on any atom is 0.00581 e. The number of hydrogen-bond donors (Lipinski definition) is 0. The van der Waals surface area contributed by atoms with Gasteiger partial charge in [0.05, 0.1) is 0 Å². The van der Waals surface area contributed by atoms with Crippen LogP contribution in [0, 0.1) is 29.1 Å². The molecule has 2 aliphatic carbocycles. The van der Waals surface area contributed by atoms with Gasteiger partial charge in [0, 0.05) is 11.0 Å². The van der Waals surface area contributed by atoms with E-state index in [1.54, 1.807) is 0 Å². The molecule has 0 aromatic carbocycles. The first-order valence-electron chi connectivity index (χ1n) is 4.71. The van der Waals surface area contributed by atoms with Crippen LogP contribution in [-0.2, 0) is 0 Å². The fourth-order valence-corrected chi connectivity index (χ4v) is 2.90. The molecule has 0 spiro atoms. The summed E-state index contributed by atoms with van der Waals surface area (Å²) in [5.41, 5.74) is 1.95. The smallest absolute Gasteiger partial charge is 0.00581 e. The largest absolute Gasteiger partial charge is 0.115 e. The lowest BCUT2D eigenvalue weighted by Crippen LogP contribution is -2.29. The van der Waals surface area contributed by atoms with Crippen LogP contribution in [0.4, 0.5) is 0 Å². The van der Waals surface area contributed by atoms with Gasteiger partial charge in [0.25, 0.3) is 0 Å². The Morgan fingerprint density at radius 1 is 1.50 bits per heavy atom. The Hall–Kier alpha value is -0.700. The predicted octanol–water partition coefficient (Wildman–Crippen LogP) is 3.00. The second-order valence-corrected chi connectivity index (χ2v) is 4.92. The van der Waals surface area contributed by atoms with Crippen molar-refractivity contribution in [2.45, 2.75) is 33.6 Å². The fourth-order valence-electron chi connectivity index (χ4n) is 2.90. The maximum atomic E-state index is 5.51. The van der Waals surface area contributed by atoms with E-state index in [0.29, 0.717) is 10.8 Å². The van der Waals surface area contributed by atoms with Crippen LogP contribution in [0.15, 0.2) is 11.6 Å². The Kier molecular flexibility index (Phi) is 1.30. The van der Waals surface area contributed by atoms with E-state index in [0.717, 1.165) is 5.92 Å². The first-order valence-corrected chi connectivity index (χ1v) is 4.71. The minimum absolute atomic E-state index is 0.298. The van der Waals surface area contributed by atoms with Crippen molar-refractivity contribution in [2.24, 2.45) is 16.7 Å². The summed E-state index contributed by atoms with van der Waals surface area (Å²) in [5, 5.41) is 0. The van der Waals surface area contributed by atoms with Crippen molar-refractivity contribution in [3.8, 4) is 12.3 Å². The van der Waals surface area contributed by atoms with Crippen LogP contribution in [0.1, 0.15) is 33.6 Å². The normalized spacial score (nSPS) is 42.5. The number of terminal acetylenes is 1. The van der Waals surface area contributed by atoms with Crippen LogP contribution in [-0.4, -0.2) is 0 Å². The summed E-state index contributed by atoms with van der Waals surface area (Å²) < 4.78 is 0. The van der Waals surface area contributed by atoms with Crippen molar-refractivity contribution in [1.82, 2.24) is 0 Å². The second-order valence-electron chi connectivity index (χ2n) is 4.92. The quantitative estimate of drug-likeness (QED) is 0.478. The Labute approximate surface area is 75.1 Å². The Morgan fingerprint density at radius 2 is 2.17 bits per heavy atom. The number of hydrogen-bond acceptors (Lipinski definition) is 0. The highest BCUT2D eigenvalue weighted by molar-refractivity contribution is 5.42. The van der Waals surface area contributed by atoms with Gasteiger partial charge in [0.15, 0.2) is 0 Å². The molecule has 0 amide bonds. The van der Waals surface area contributed by atoms with Gasteiger partial charge in [-0.15, -0.1) is 6.42 Å². The SMILES string of the molecule is C#CC1=C[C@H]2CC[C@]1(C)C2(C)C. The summed E-state index contributed by atoms with van der Waals surface area (Å²) >= 11 is 0. The van der Waals surface area contributed by atoms with Gasteiger partial charge in [-0.3, -0.25) is 0 Å². The molecule has 0 radical (unpaired) electrons. The molecule has 0 aromatic rings. The average molecular weight is 160 g/mol. The van der Waals surface area contributed by atoms with Gasteiger partial charge in [-0.1, -0.05) is 32.8 Å². The van der Waals surface area contributed by atoms with Gasteiger partial charge in [0.2, 0.25) is 0 Å². The van der Waals surface area contributed by atoms with Crippen molar-refractivity contribution in [3.05, 3.63) is 11.6 Å². The van der Waals surface area contributed by atoms with Crippen LogP contribution < -0.4 is 0 Å². The molecule has 0 N–H and O–H groups in total. The first kappa shape index (κ1) is 7.92. The monoisotopic (exact) mass is 160 g/mol. The van der Waals surface area contributed by atoms with Crippen molar-refractivity contribution in [2.75, 3.05) is 0 Å². The molecule has 0 saturated heterocycles. The van der Waals surface area contributed by atoms with Crippen LogP contribution in [0.2, 0.25) is 0 Å². The molecule has 0 nitrogen and oxygen atoms in total. The van der Waals surface area contributed by atoms with Gasteiger partial charge in [-0.2, -0.15) is 0 Å². The van der Waals surface area contributed by atoms with Crippen molar-refractivity contribution >= 4 is 0 Å². The molecule has 64 valence electrons. The van der Waals surface area contributed by atoms with Gasteiger partial charge in [-0.25, -0.2) is 0 Å². The number of allylic oxidation sites excluding steroid dienone is 2. The molecule has 1 fully saturated rings. The van der Waals surface area contributed by atoms with E-state index in [2.05, 4.69) is 32.8 Å². The number of fused-ring (bicyclic) bond motifs is 2. The lowest BCUT2D eigenvalue weighted by molar-refractivity contribution is 0.175. The molecule has 1 saturated carbocycles. The molecular weight excluding hydrogens is 144 g/mol. The molecule has 0 aliphatic heterocycles. The highest BCUT2D eigenvalue weighted by atomic mass is 14.6. The molecule has 2 bridgehead atoms. The van der Waals surface area contributed by atoms with Gasteiger partial charge in [0.1, 0.15) is 0 Å². The van der Waals surface area contributed by atoms with Crippen LogP contribution >= 0.6 is 0 Å². The molecule has 2 atom stereocenters. The molecule has 12 heavy (non-hydrogen) atoms. The summed E-state index contributed by atoms with van der Waals surface area (Å²) in [6.45, 7) is 7.03. The highest BCUT2D eigenvalue weighted by Crippen LogP contribution is 2.64. The summed E-state index contributed by atoms with van der Waals surface area (Å²) in [7, 11) is 0. The van der Waals surface area contributed by atoms with E-state index < -0.39 is 0 Å². The third-order valence-electron chi connectivity index (χ3n) is 4.42. The first-order chi connectivity index (χ1) is 5.52. The van der Waals surface area contributed by atoms with Crippen LogP contribution in [0.5, 0.6) is 0 Å². The zero-order valence-electron chi connectivity index (χ0n) is 8.15. The summed E-state index contributed by atoms with van der Waals surface area (Å²) in [6, 6.07) is 0. The van der Waals surface area contributed by atoms with Crippen molar-refractivity contribution < 1.29 is 0 Å². The minimum Gasteiger partial charge on any atom is -0.115 e. The lowest BCUT2D eigenvalue weighted by Gasteiger charge is -2.35. The standard InChI is InChI=1S/C12H16/c1-5-9-8-10-6-7-12(9,4)11(10,2)3/h1,8,10H,6-7H2,2-4H3/t10-,12+/m1/s1. The molecular formula is C12H16. The third kappa shape index (κ3) is 0.614. The average Bonchev–Trinajstić information content (AvgIpc) is 2.34. The van der Waals surface area contributed by atoms with Crippen molar-refractivity contribution in [1.29, 1.82) is 0 Å². The topological polar surface area (TPSA) is 0 Å². The van der Waals surface area contributed by atoms with Gasteiger partial charge in [-0.05, 0) is 24.2 Å². The van der Waals surface area contributed by atoms with E-state index >= 15 is 0 Å². The second kappa shape index (κ2) is 1.96. The zero-order valence-corrected chi connectivity index (χ0v) is 8.15. The zero-order chi connectivity index (χ0) is 8.98. The molecule has 0 heteroatoms. The van der Waals surface area contributed by atoms with E-state index in [1.165, 1.54) is 18.4 Å². The van der Waals surface area contributed by atoms with Crippen LogP contribution in [0.25, 0.3) is 0 Å². The third-order valence-corrected chi connectivity index (χ3v) is 4.42. The van der Waals surface area contributed by atoms with Gasteiger partial charge >= 0.3 is 0 Å². The maximum absolute atomic E-state index is 5.51. The molecule has 0 aromatic heterocycles.